The second-order valence-electron chi connectivity index (χ2n) is 5.84. The molecule has 0 fully saturated rings. The van der Waals surface area contributed by atoms with Crippen LogP contribution in [0.3, 0.4) is 0 Å². The van der Waals surface area contributed by atoms with E-state index in [0.717, 1.165) is 0 Å². The third-order valence-electron chi connectivity index (χ3n) is 3.79. The summed E-state index contributed by atoms with van der Waals surface area (Å²) in [4.78, 5) is 2.52. The number of rotatable bonds is 14. The van der Waals surface area contributed by atoms with Gasteiger partial charge in [0, 0.05) is 0 Å². The van der Waals surface area contributed by atoms with Gasteiger partial charge >= 0.3 is 0 Å². The average molecular weight is 292 g/mol. The Morgan fingerprint density at radius 3 is 1.26 bits per heavy atom. The molecule has 0 rings (SSSR count). The fourth-order valence-corrected chi connectivity index (χ4v) is 2.44. The molecule has 0 bridgehead atoms. The van der Waals surface area contributed by atoms with E-state index in [1.54, 1.807) is 0 Å². The number of hydrogen-bond donors (Lipinski definition) is 0. The van der Waals surface area contributed by atoms with Crippen LogP contribution in [0.5, 0.6) is 0 Å². The zero-order valence-electron chi connectivity index (χ0n) is 13.8. The van der Waals surface area contributed by atoms with E-state index >= 15 is 0 Å². The summed E-state index contributed by atoms with van der Waals surface area (Å²) in [5, 5.41) is 0. The molecular weight excluding hydrogens is 254 g/mol. The molecule has 0 radical (unpaired) electrons. The van der Waals surface area contributed by atoms with Crippen molar-refractivity contribution in [2.45, 2.75) is 90.9 Å². The standard InChI is InChI=1S/C17H37N.ClH/c1-4-6-8-10-11-12-13-15-17-18(3)16-14-9-7-5-2;/h4-17H2,1-3H3;1H. The van der Waals surface area contributed by atoms with Gasteiger partial charge in [0.15, 0.2) is 0 Å². The van der Waals surface area contributed by atoms with E-state index < -0.39 is 0 Å². The number of hydrogen-bond acceptors (Lipinski definition) is 1. The second kappa shape index (κ2) is 18.2. The minimum Gasteiger partial charge on any atom is -0.306 e. The smallest absolute Gasteiger partial charge is 0.00218 e. The summed E-state index contributed by atoms with van der Waals surface area (Å²) in [6.45, 7) is 7.18. The summed E-state index contributed by atoms with van der Waals surface area (Å²) in [5.74, 6) is 0. The largest absolute Gasteiger partial charge is 0.306 e. The molecule has 0 unspecified atom stereocenters. The van der Waals surface area contributed by atoms with Gasteiger partial charge in [0.25, 0.3) is 0 Å². The summed E-state index contributed by atoms with van der Waals surface area (Å²) in [7, 11) is 2.28. The summed E-state index contributed by atoms with van der Waals surface area (Å²) < 4.78 is 0. The van der Waals surface area contributed by atoms with Crippen LogP contribution in [-0.2, 0) is 0 Å². The maximum Gasteiger partial charge on any atom is -0.00218 e. The molecule has 0 saturated carbocycles. The van der Waals surface area contributed by atoms with E-state index in [2.05, 4.69) is 25.8 Å². The Kier molecular flexibility index (Phi) is 20.7. The van der Waals surface area contributed by atoms with E-state index in [1.165, 1.54) is 90.1 Å². The lowest BCUT2D eigenvalue weighted by molar-refractivity contribution is 0.314. The van der Waals surface area contributed by atoms with Gasteiger partial charge in [-0.15, -0.1) is 12.4 Å². The molecule has 0 amide bonds. The Morgan fingerprint density at radius 2 is 0.842 bits per heavy atom. The minimum atomic E-state index is 0. The highest BCUT2D eigenvalue weighted by atomic mass is 35.5. The Hall–Kier alpha value is 0.250. The van der Waals surface area contributed by atoms with E-state index in [-0.39, 0.29) is 12.4 Å². The molecule has 0 N–H and O–H groups in total. The highest BCUT2D eigenvalue weighted by molar-refractivity contribution is 5.85. The highest BCUT2D eigenvalue weighted by Crippen LogP contribution is 2.09. The summed E-state index contributed by atoms with van der Waals surface area (Å²) in [6, 6.07) is 0. The van der Waals surface area contributed by atoms with Gasteiger partial charge in [-0.05, 0) is 33.0 Å². The first-order valence-electron chi connectivity index (χ1n) is 8.49. The van der Waals surface area contributed by atoms with Crippen LogP contribution < -0.4 is 0 Å². The van der Waals surface area contributed by atoms with Crippen LogP contribution in [0.2, 0.25) is 0 Å². The third-order valence-corrected chi connectivity index (χ3v) is 3.79. The van der Waals surface area contributed by atoms with Gasteiger partial charge in [0.1, 0.15) is 0 Å². The predicted octanol–water partition coefficient (Wildman–Crippen LogP) is 6.06. The van der Waals surface area contributed by atoms with Crippen molar-refractivity contribution in [1.82, 2.24) is 4.90 Å². The van der Waals surface area contributed by atoms with Gasteiger partial charge in [-0.2, -0.15) is 0 Å². The Labute approximate surface area is 128 Å². The van der Waals surface area contributed by atoms with E-state index in [9.17, 15) is 0 Å². The van der Waals surface area contributed by atoms with Crippen molar-refractivity contribution in [1.29, 1.82) is 0 Å². The third kappa shape index (κ3) is 18.2. The van der Waals surface area contributed by atoms with Crippen LogP contribution in [0.1, 0.15) is 90.9 Å². The summed E-state index contributed by atoms with van der Waals surface area (Å²) in [6.07, 6.45) is 17.0. The molecule has 118 valence electrons. The highest BCUT2D eigenvalue weighted by Gasteiger charge is 1.98. The molecule has 0 spiro atoms. The molecule has 0 aromatic carbocycles. The number of nitrogens with zero attached hydrogens (tertiary/aromatic N) is 1. The molecule has 0 aliphatic heterocycles. The zero-order valence-corrected chi connectivity index (χ0v) is 14.6. The van der Waals surface area contributed by atoms with Gasteiger partial charge < -0.3 is 4.90 Å². The molecule has 0 aromatic rings. The average Bonchev–Trinajstić information content (AvgIpc) is 2.38. The SMILES string of the molecule is CCCCCCCCCCN(C)CCCCCC.Cl. The maximum atomic E-state index is 2.52. The summed E-state index contributed by atoms with van der Waals surface area (Å²) >= 11 is 0. The number of unbranched alkanes of at least 4 members (excludes halogenated alkanes) is 10. The molecule has 1 nitrogen and oxygen atoms in total. The Morgan fingerprint density at radius 1 is 0.526 bits per heavy atom. The monoisotopic (exact) mass is 291 g/mol. The lowest BCUT2D eigenvalue weighted by atomic mass is 10.1. The van der Waals surface area contributed by atoms with Gasteiger partial charge in [0.2, 0.25) is 0 Å². The Bertz CT molecular complexity index is 150. The van der Waals surface area contributed by atoms with Crippen molar-refractivity contribution in [2.24, 2.45) is 0 Å². The van der Waals surface area contributed by atoms with Gasteiger partial charge in [-0.1, -0.05) is 78.1 Å². The molecule has 0 aliphatic rings. The predicted molar refractivity (Wildman–Crippen MR) is 91.5 cm³/mol. The molecule has 0 heterocycles. The van der Waals surface area contributed by atoms with E-state index in [0.29, 0.717) is 0 Å². The molecule has 2 heteroatoms. The van der Waals surface area contributed by atoms with Crippen molar-refractivity contribution in [3.05, 3.63) is 0 Å². The van der Waals surface area contributed by atoms with Gasteiger partial charge in [0.05, 0.1) is 0 Å². The molecule has 19 heavy (non-hydrogen) atoms. The van der Waals surface area contributed by atoms with Crippen LogP contribution in [0, 0.1) is 0 Å². The molecule has 0 atom stereocenters. The van der Waals surface area contributed by atoms with Crippen molar-refractivity contribution in [3.8, 4) is 0 Å². The second-order valence-corrected chi connectivity index (χ2v) is 5.84. The van der Waals surface area contributed by atoms with Gasteiger partial charge in [-0.3, -0.25) is 0 Å². The van der Waals surface area contributed by atoms with Crippen molar-refractivity contribution < 1.29 is 0 Å². The van der Waals surface area contributed by atoms with Crippen molar-refractivity contribution in [2.75, 3.05) is 20.1 Å². The maximum absolute atomic E-state index is 2.52. The fourth-order valence-electron chi connectivity index (χ4n) is 2.44. The molecular formula is C17H38ClN. The Balaban J connectivity index is 0. The molecule has 0 aliphatic carbocycles. The van der Waals surface area contributed by atoms with Crippen LogP contribution in [0.15, 0.2) is 0 Å². The normalized spacial score (nSPS) is 10.7. The van der Waals surface area contributed by atoms with E-state index in [1.807, 2.05) is 0 Å². The van der Waals surface area contributed by atoms with E-state index in [4.69, 9.17) is 0 Å². The van der Waals surface area contributed by atoms with Crippen LogP contribution in [-0.4, -0.2) is 25.0 Å². The topological polar surface area (TPSA) is 3.24 Å². The van der Waals surface area contributed by atoms with Crippen LogP contribution >= 0.6 is 12.4 Å². The zero-order chi connectivity index (χ0) is 13.5. The molecule has 0 aromatic heterocycles. The van der Waals surface area contributed by atoms with Crippen molar-refractivity contribution in [3.63, 3.8) is 0 Å². The lowest BCUT2D eigenvalue weighted by Gasteiger charge is -2.16. The van der Waals surface area contributed by atoms with Crippen LogP contribution in [0.25, 0.3) is 0 Å². The lowest BCUT2D eigenvalue weighted by Crippen LogP contribution is -2.20. The first kappa shape index (κ1) is 21.5. The van der Waals surface area contributed by atoms with Crippen LogP contribution in [0.4, 0.5) is 0 Å². The minimum absolute atomic E-state index is 0. The molecule has 0 saturated heterocycles. The number of halogens is 1. The first-order chi connectivity index (χ1) is 8.81. The first-order valence-corrected chi connectivity index (χ1v) is 8.49. The fraction of sp³-hybridized carbons (Fsp3) is 1.00. The quantitative estimate of drug-likeness (QED) is 0.352. The summed E-state index contributed by atoms with van der Waals surface area (Å²) in [5.41, 5.74) is 0. The van der Waals surface area contributed by atoms with Gasteiger partial charge in [-0.25, -0.2) is 0 Å². The van der Waals surface area contributed by atoms with Crippen molar-refractivity contribution >= 4 is 12.4 Å².